The van der Waals surface area contributed by atoms with Gasteiger partial charge in [-0.05, 0) is 23.7 Å². The van der Waals surface area contributed by atoms with Crippen LogP contribution < -0.4 is 4.74 Å². The molecular formula is C9H8N2OS. The van der Waals surface area contributed by atoms with Gasteiger partial charge in [0, 0.05) is 5.56 Å². The van der Waals surface area contributed by atoms with Gasteiger partial charge in [0.2, 0.25) is 0 Å². The van der Waals surface area contributed by atoms with Gasteiger partial charge in [0.15, 0.2) is 5.82 Å². The minimum atomic E-state index is 0.754. The molecule has 0 aliphatic heterocycles. The van der Waals surface area contributed by atoms with Gasteiger partial charge in [-0.3, -0.25) is 0 Å². The molecule has 1 heterocycles. The van der Waals surface area contributed by atoms with Gasteiger partial charge in [0.25, 0.3) is 0 Å². The Hall–Kier alpha value is -1.42. The van der Waals surface area contributed by atoms with Gasteiger partial charge in [-0.1, -0.05) is 12.1 Å². The molecule has 0 saturated heterocycles. The van der Waals surface area contributed by atoms with E-state index in [-0.39, 0.29) is 0 Å². The van der Waals surface area contributed by atoms with E-state index in [1.165, 1.54) is 11.5 Å². The first-order chi connectivity index (χ1) is 6.40. The molecule has 13 heavy (non-hydrogen) atoms. The van der Waals surface area contributed by atoms with Crippen LogP contribution in [0.1, 0.15) is 0 Å². The fourth-order valence-corrected chi connectivity index (χ4v) is 1.51. The third-order valence-electron chi connectivity index (χ3n) is 1.69. The van der Waals surface area contributed by atoms with Gasteiger partial charge >= 0.3 is 0 Å². The first kappa shape index (κ1) is 8.19. The van der Waals surface area contributed by atoms with E-state index in [0.29, 0.717) is 0 Å². The summed E-state index contributed by atoms with van der Waals surface area (Å²) < 4.78 is 9.24. The van der Waals surface area contributed by atoms with E-state index in [4.69, 9.17) is 4.74 Å². The summed E-state index contributed by atoms with van der Waals surface area (Å²) in [4.78, 5) is 4.11. The van der Waals surface area contributed by atoms with Crippen LogP contribution in [0, 0.1) is 0 Å². The molecule has 0 N–H and O–H groups in total. The first-order valence-electron chi connectivity index (χ1n) is 3.81. The Morgan fingerprint density at radius 2 is 2.31 bits per heavy atom. The minimum Gasteiger partial charge on any atom is -0.497 e. The summed E-state index contributed by atoms with van der Waals surface area (Å²) in [5.41, 5.74) is 2.70. The maximum Gasteiger partial charge on any atom is 0.172 e. The highest BCUT2D eigenvalue weighted by Gasteiger charge is 2.01. The predicted octanol–water partition coefficient (Wildman–Crippen LogP) is 2.21. The van der Waals surface area contributed by atoms with Crippen molar-refractivity contribution in [2.45, 2.75) is 0 Å². The largest absolute Gasteiger partial charge is 0.497 e. The molecule has 0 fully saturated rings. The Labute approximate surface area is 80.2 Å². The summed E-state index contributed by atoms with van der Waals surface area (Å²) in [7, 11) is 1.65. The lowest BCUT2D eigenvalue weighted by atomic mass is 10.2. The Morgan fingerprint density at radius 3 is 3.00 bits per heavy atom. The molecule has 4 heteroatoms. The van der Waals surface area contributed by atoms with Crippen molar-refractivity contribution < 1.29 is 4.74 Å². The molecule has 0 radical (unpaired) electrons. The number of hydrogen-bond acceptors (Lipinski definition) is 4. The van der Waals surface area contributed by atoms with Crippen LogP contribution in [0.3, 0.4) is 0 Å². The SMILES string of the molecule is COc1cccc(-c2ncsn2)c1. The molecule has 66 valence electrons. The van der Waals surface area contributed by atoms with Crippen molar-refractivity contribution in [2.24, 2.45) is 0 Å². The fraction of sp³-hybridized carbons (Fsp3) is 0.111. The Kier molecular flexibility index (Phi) is 2.23. The number of methoxy groups -OCH3 is 1. The zero-order valence-electron chi connectivity index (χ0n) is 7.10. The maximum atomic E-state index is 5.10. The monoisotopic (exact) mass is 192 g/mol. The normalized spacial score (nSPS) is 9.92. The van der Waals surface area contributed by atoms with Crippen molar-refractivity contribution in [3.05, 3.63) is 29.8 Å². The van der Waals surface area contributed by atoms with Crippen LogP contribution in [-0.4, -0.2) is 16.5 Å². The Morgan fingerprint density at radius 1 is 1.38 bits per heavy atom. The van der Waals surface area contributed by atoms with Crippen molar-refractivity contribution >= 4 is 11.5 Å². The molecule has 0 aliphatic carbocycles. The van der Waals surface area contributed by atoms with Gasteiger partial charge in [-0.25, -0.2) is 4.98 Å². The molecule has 0 amide bonds. The van der Waals surface area contributed by atoms with Crippen LogP contribution in [0.15, 0.2) is 29.8 Å². The second-order valence-electron chi connectivity index (χ2n) is 2.49. The third-order valence-corrected chi connectivity index (χ3v) is 2.17. The van der Waals surface area contributed by atoms with Crippen molar-refractivity contribution in [3.63, 3.8) is 0 Å². The van der Waals surface area contributed by atoms with E-state index in [9.17, 15) is 0 Å². The first-order valence-corrected chi connectivity index (χ1v) is 4.64. The number of nitrogens with zero attached hydrogens (tertiary/aromatic N) is 2. The lowest BCUT2D eigenvalue weighted by Gasteiger charge is -2.00. The quantitative estimate of drug-likeness (QED) is 0.731. The molecule has 2 rings (SSSR count). The molecule has 0 unspecified atom stereocenters. The second-order valence-corrected chi connectivity index (χ2v) is 3.09. The van der Waals surface area contributed by atoms with Gasteiger partial charge in [-0.15, -0.1) is 0 Å². The summed E-state index contributed by atoms with van der Waals surface area (Å²) in [6.07, 6.45) is 0. The van der Waals surface area contributed by atoms with E-state index in [2.05, 4.69) is 9.36 Å². The highest BCUT2D eigenvalue weighted by Crippen LogP contribution is 2.20. The number of hydrogen-bond donors (Lipinski definition) is 0. The van der Waals surface area contributed by atoms with E-state index >= 15 is 0 Å². The third kappa shape index (κ3) is 1.67. The van der Waals surface area contributed by atoms with Crippen LogP contribution in [0.25, 0.3) is 11.4 Å². The lowest BCUT2D eigenvalue weighted by molar-refractivity contribution is 0.415. The molecular weight excluding hydrogens is 184 g/mol. The Balaban J connectivity index is 2.41. The zero-order valence-corrected chi connectivity index (χ0v) is 7.91. The molecule has 1 aromatic heterocycles. The Bertz CT molecular complexity index is 386. The molecule has 3 nitrogen and oxygen atoms in total. The number of ether oxygens (including phenoxy) is 1. The zero-order chi connectivity index (χ0) is 9.10. The average molecular weight is 192 g/mol. The second kappa shape index (κ2) is 3.53. The van der Waals surface area contributed by atoms with Crippen molar-refractivity contribution in [2.75, 3.05) is 7.11 Å². The van der Waals surface area contributed by atoms with Gasteiger partial charge < -0.3 is 4.74 Å². The van der Waals surface area contributed by atoms with Crippen molar-refractivity contribution in [3.8, 4) is 17.1 Å². The molecule has 0 atom stereocenters. The number of aromatic nitrogens is 2. The fourth-order valence-electron chi connectivity index (χ4n) is 1.06. The van der Waals surface area contributed by atoms with E-state index < -0.39 is 0 Å². The summed E-state index contributed by atoms with van der Waals surface area (Å²) in [5, 5.41) is 0. The van der Waals surface area contributed by atoms with Crippen LogP contribution in [0.5, 0.6) is 5.75 Å². The summed E-state index contributed by atoms with van der Waals surface area (Å²) >= 11 is 1.35. The van der Waals surface area contributed by atoms with Gasteiger partial charge in [-0.2, -0.15) is 4.37 Å². The van der Waals surface area contributed by atoms with Crippen LogP contribution in [-0.2, 0) is 0 Å². The standard InChI is InChI=1S/C9H8N2OS/c1-12-8-4-2-3-7(5-8)9-10-6-13-11-9/h2-6H,1H3. The van der Waals surface area contributed by atoms with E-state index in [1.54, 1.807) is 12.6 Å². The highest BCUT2D eigenvalue weighted by molar-refractivity contribution is 7.03. The van der Waals surface area contributed by atoms with Crippen LogP contribution >= 0.6 is 11.5 Å². The summed E-state index contributed by atoms with van der Waals surface area (Å²) in [5.74, 6) is 1.58. The van der Waals surface area contributed by atoms with Gasteiger partial charge in [0.05, 0.1) is 7.11 Å². The summed E-state index contributed by atoms with van der Waals surface area (Å²) in [6, 6.07) is 7.71. The van der Waals surface area contributed by atoms with E-state index in [0.717, 1.165) is 17.1 Å². The molecule has 0 bridgehead atoms. The molecule has 0 saturated carbocycles. The van der Waals surface area contributed by atoms with Crippen molar-refractivity contribution in [1.29, 1.82) is 0 Å². The summed E-state index contributed by atoms with van der Waals surface area (Å²) in [6.45, 7) is 0. The predicted molar refractivity (Wildman–Crippen MR) is 51.9 cm³/mol. The molecule has 2 aromatic rings. The minimum absolute atomic E-state index is 0.754. The van der Waals surface area contributed by atoms with Crippen LogP contribution in [0.2, 0.25) is 0 Å². The molecule has 0 aliphatic rings. The maximum absolute atomic E-state index is 5.10. The smallest absolute Gasteiger partial charge is 0.172 e. The van der Waals surface area contributed by atoms with E-state index in [1.807, 2.05) is 24.3 Å². The highest BCUT2D eigenvalue weighted by atomic mass is 32.1. The average Bonchev–Trinajstić information content (AvgIpc) is 2.71. The van der Waals surface area contributed by atoms with Crippen LogP contribution in [0.4, 0.5) is 0 Å². The van der Waals surface area contributed by atoms with Gasteiger partial charge in [0.1, 0.15) is 11.3 Å². The topological polar surface area (TPSA) is 35.0 Å². The molecule has 1 aromatic carbocycles. The molecule has 0 spiro atoms. The number of benzene rings is 1. The lowest BCUT2D eigenvalue weighted by Crippen LogP contribution is -1.84. The number of rotatable bonds is 2. The van der Waals surface area contributed by atoms with Crippen molar-refractivity contribution in [1.82, 2.24) is 9.36 Å².